The summed E-state index contributed by atoms with van der Waals surface area (Å²) in [5.74, 6) is 4.48. The van der Waals surface area contributed by atoms with Gasteiger partial charge in [0.15, 0.2) is 5.11 Å². The molecule has 21 heavy (non-hydrogen) atoms. The molecule has 0 spiro atoms. The minimum Gasteiger partial charge on any atom is -0.357 e. The highest BCUT2D eigenvalue weighted by atomic mass is 32.1. The van der Waals surface area contributed by atoms with Crippen molar-refractivity contribution in [2.24, 2.45) is 35.0 Å². The Kier molecular flexibility index (Phi) is 3.59. The molecule has 3 aliphatic rings. The van der Waals surface area contributed by atoms with Crippen LogP contribution in [0.5, 0.6) is 0 Å². The van der Waals surface area contributed by atoms with Gasteiger partial charge in [0.2, 0.25) is 0 Å². The van der Waals surface area contributed by atoms with Crippen molar-refractivity contribution in [1.29, 1.82) is 0 Å². The van der Waals surface area contributed by atoms with Crippen molar-refractivity contribution in [3.8, 4) is 0 Å². The van der Waals surface area contributed by atoms with E-state index in [0.717, 1.165) is 34.7 Å². The van der Waals surface area contributed by atoms with Gasteiger partial charge in [0.25, 0.3) is 0 Å². The van der Waals surface area contributed by atoms with Gasteiger partial charge < -0.3 is 10.2 Å². The first-order valence-corrected chi connectivity index (χ1v) is 9.09. The average Bonchev–Trinajstić information content (AvgIpc) is 2.74. The highest BCUT2D eigenvalue weighted by molar-refractivity contribution is 7.80. The van der Waals surface area contributed by atoms with Crippen LogP contribution in [0.3, 0.4) is 0 Å². The van der Waals surface area contributed by atoms with Crippen molar-refractivity contribution in [2.45, 2.75) is 58.9 Å². The maximum atomic E-state index is 5.56. The van der Waals surface area contributed by atoms with Crippen molar-refractivity contribution in [1.82, 2.24) is 10.2 Å². The Morgan fingerprint density at radius 1 is 1.10 bits per heavy atom. The Morgan fingerprint density at radius 3 is 2.38 bits per heavy atom. The zero-order valence-corrected chi connectivity index (χ0v) is 15.4. The zero-order valence-electron chi connectivity index (χ0n) is 14.6. The molecule has 0 aromatic rings. The Hall–Kier alpha value is -0.310. The van der Waals surface area contributed by atoms with Crippen LogP contribution in [0.2, 0.25) is 0 Å². The summed E-state index contributed by atoms with van der Waals surface area (Å²) < 4.78 is 0. The Labute approximate surface area is 136 Å². The van der Waals surface area contributed by atoms with Crippen LogP contribution < -0.4 is 5.32 Å². The Morgan fingerprint density at radius 2 is 1.76 bits per heavy atom. The molecule has 1 N–H and O–H groups in total. The maximum absolute atomic E-state index is 5.56. The van der Waals surface area contributed by atoms with Crippen LogP contribution in [-0.4, -0.2) is 29.6 Å². The van der Waals surface area contributed by atoms with Crippen LogP contribution in [0.25, 0.3) is 0 Å². The van der Waals surface area contributed by atoms with Gasteiger partial charge in [0.1, 0.15) is 0 Å². The van der Waals surface area contributed by atoms with Gasteiger partial charge in [-0.3, -0.25) is 0 Å². The maximum Gasteiger partial charge on any atom is 0.168 e. The number of hydrogen-bond donors (Lipinski definition) is 1. The van der Waals surface area contributed by atoms with Gasteiger partial charge in [-0.25, -0.2) is 0 Å². The zero-order chi connectivity index (χ0) is 15.6. The number of thiocarbonyl (C=S) groups is 1. The third kappa shape index (κ3) is 2.31. The van der Waals surface area contributed by atoms with E-state index >= 15 is 0 Å². The van der Waals surface area contributed by atoms with Crippen LogP contribution in [-0.2, 0) is 0 Å². The molecule has 0 radical (unpaired) electrons. The first kappa shape index (κ1) is 15.6. The molecule has 6 atom stereocenters. The van der Waals surface area contributed by atoms with Gasteiger partial charge in [-0.2, -0.15) is 0 Å². The van der Waals surface area contributed by atoms with Crippen molar-refractivity contribution in [2.75, 3.05) is 14.1 Å². The number of hydrogen-bond acceptors (Lipinski definition) is 1. The summed E-state index contributed by atoms with van der Waals surface area (Å²) in [6.45, 7) is 9.94. The van der Waals surface area contributed by atoms with E-state index < -0.39 is 0 Å². The monoisotopic (exact) mass is 308 g/mol. The fourth-order valence-corrected chi connectivity index (χ4v) is 6.06. The normalized spacial score (nSPS) is 47.0. The second-order valence-electron chi connectivity index (χ2n) is 8.97. The molecule has 3 aliphatic carbocycles. The average molecular weight is 309 g/mol. The molecule has 0 aliphatic heterocycles. The van der Waals surface area contributed by atoms with E-state index in [-0.39, 0.29) is 5.54 Å². The van der Waals surface area contributed by atoms with Gasteiger partial charge in [0, 0.05) is 19.6 Å². The summed E-state index contributed by atoms with van der Waals surface area (Å²) in [5, 5.41) is 4.66. The summed E-state index contributed by atoms with van der Waals surface area (Å²) in [5.41, 5.74) is 0.783. The molecule has 0 aromatic carbocycles. The summed E-state index contributed by atoms with van der Waals surface area (Å²) in [6, 6.07) is 0. The van der Waals surface area contributed by atoms with Crippen LogP contribution in [0.1, 0.15) is 53.4 Å². The van der Waals surface area contributed by atoms with Gasteiger partial charge >= 0.3 is 0 Å². The summed E-state index contributed by atoms with van der Waals surface area (Å²) in [6.07, 6.45) is 5.43. The molecule has 2 nitrogen and oxygen atoms in total. The molecule has 0 heterocycles. The summed E-state index contributed by atoms with van der Waals surface area (Å²) in [7, 11) is 4.09. The Bertz CT molecular complexity index is 444. The number of nitrogens with zero attached hydrogens (tertiary/aromatic N) is 1. The van der Waals surface area contributed by atoms with Crippen LogP contribution in [0.4, 0.5) is 0 Å². The smallest absolute Gasteiger partial charge is 0.168 e. The minimum atomic E-state index is 0.195. The van der Waals surface area contributed by atoms with E-state index in [0.29, 0.717) is 5.41 Å². The predicted octanol–water partition coefficient (Wildman–Crippen LogP) is 3.91. The van der Waals surface area contributed by atoms with Gasteiger partial charge in [0.05, 0.1) is 0 Å². The summed E-state index contributed by atoms with van der Waals surface area (Å²) in [4.78, 5) is 2.05. The van der Waals surface area contributed by atoms with E-state index in [4.69, 9.17) is 12.2 Å². The second kappa shape index (κ2) is 4.84. The number of rotatable bonds is 1. The highest BCUT2D eigenvalue weighted by Gasteiger charge is 2.66. The van der Waals surface area contributed by atoms with E-state index in [1.165, 1.54) is 25.7 Å². The standard InChI is InChI=1S/C18H32N2S/c1-11-7-8-12-14(11)15-13(17(15,2)3)9-10-18(12,4)19-16(21)20(5)6/h11-15H,7-10H2,1-6H3,(H,19,21)/t11-,12+,13-,14-,15-,18+/m0/s1. The van der Waals surface area contributed by atoms with Crippen LogP contribution >= 0.6 is 12.2 Å². The van der Waals surface area contributed by atoms with E-state index in [1.54, 1.807) is 0 Å². The van der Waals surface area contributed by atoms with Crippen LogP contribution in [0.15, 0.2) is 0 Å². The number of nitrogens with one attached hydrogen (secondary N) is 1. The molecular weight excluding hydrogens is 276 g/mol. The molecule has 0 aromatic heterocycles. The summed E-state index contributed by atoms with van der Waals surface area (Å²) >= 11 is 5.56. The fraction of sp³-hybridized carbons (Fsp3) is 0.944. The lowest BCUT2D eigenvalue weighted by atomic mass is 9.72. The predicted molar refractivity (Wildman–Crippen MR) is 93.2 cm³/mol. The topological polar surface area (TPSA) is 15.3 Å². The highest BCUT2D eigenvalue weighted by Crippen LogP contribution is 2.71. The molecule has 0 saturated heterocycles. The van der Waals surface area contributed by atoms with Crippen LogP contribution in [0, 0.1) is 35.0 Å². The molecule has 3 fully saturated rings. The Balaban J connectivity index is 1.86. The quantitative estimate of drug-likeness (QED) is 0.739. The van der Waals surface area contributed by atoms with Crippen molar-refractivity contribution >= 4 is 17.3 Å². The molecule has 3 heteroatoms. The van der Waals surface area contributed by atoms with Crippen molar-refractivity contribution in [3.63, 3.8) is 0 Å². The van der Waals surface area contributed by atoms with Gasteiger partial charge in [-0.15, -0.1) is 0 Å². The second-order valence-corrected chi connectivity index (χ2v) is 9.36. The SMILES string of the molecule is C[C@H]1CC[C@@H]2[C@H]1[C@@H]1[C@H](CC[C@@]2(C)NC(=S)N(C)C)C1(C)C. The lowest BCUT2D eigenvalue weighted by Gasteiger charge is -2.42. The van der Waals surface area contributed by atoms with Gasteiger partial charge in [-0.05, 0) is 73.4 Å². The van der Waals surface area contributed by atoms with E-state index in [9.17, 15) is 0 Å². The molecule has 0 unspecified atom stereocenters. The minimum absolute atomic E-state index is 0.195. The third-order valence-electron chi connectivity index (χ3n) is 7.20. The molecule has 3 saturated carbocycles. The molecule has 3 rings (SSSR count). The number of fused-ring (bicyclic) bond motifs is 3. The molecular formula is C18H32N2S. The van der Waals surface area contributed by atoms with Crippen molar-refractivity contribution in [3.05, 3.63) is 0 Å². The van der Waals surface area contributed by atoms with Gasteiger partial charge in [-0.1, -0.05) is 27.2 Å². The van der Waals surface area contributed by atoms with E-state index in [1.807, 2.05) is 19.0 Å². The lowest BCUT2D eigenvalue weighted by molar-refractivity contribution is 0.156. The molecule has 0 amide bonds. The largest absolute Gasteiger partial charge is 0.357 e. The first-order valence-electron chi connectivity index (χ1n) is 8.68. The molecule has 0 bridgehead atoms. The fourth-order valence-electron chi connectivity index (χ4n) is 5.83. The first-order chi connectivity index (χ1) is 9.68. The van der Waals surface area contributed by atoms with E-state index in [2.05, 4.69) is 33.0 Å². The van der Waals surface area contributed by atoms with Crippen molar-refractivity contribution < 1.29 is 0 Å². The lowest BCUT2D eigenvalue weighted by Crippen LogP contribution is -2.55. The third-order valence-corrected chi connectivity index (χ3v) is 7.67. The molecule has 120 valence electrons.